The summed E-state index contributed by atoms with van der Waals surface area (Å²) in [6.07, 6.45) is 4.54. The number of ether oxygens (including phenoxy) is 2. The second kappa shape index (κ2) is 8.43. The number of methoxy groups -OCH3 is 2. The van der Waals surface area contributed by atoms with Crippen molar-refractivity contribution in [3.05, 3.63) is 48.2 Å². The first-order chi connectivity index (χ1) is 14.9. The van der Waals surface area contributed by atoms with Crippen LogP contribution < -0.4 is 9.47 Å². The molecule has 0 saturated carbocycles. The van der Waals surface area contributed by atoms with Crippen molar-refractivity contribution in [2.45, 2.75) is 31.9 Å². The highest BCUT2D eigenvalue weighted by atomic mass is 16.5. The van der Waals surface area contributed by atoms with Gasteiger partial charge in [-0.3, -0.25) is 4.79 Å². The molecule has 0 spiro atoms. The van der Waals surface area contributed by atoms with Gasteiger partial charge in [0.05, 0.1) is 26.4 Å². The van der Waals surface area contributed by atoms with Crippen LogP contribution in [0.3, 0.4) is 0 Å². The molecule has 1 fully saturated rings. The number of piperidine rings is 1. The average Bonchev–Trinajstić information content (AvgIpc) is 3.43. The summed E-state index contributed by atoms with van der Waals surface area (Å²) in [5, 5.41) is 14.9. The number of carbonyl (C=O) groups is 1. The molecule has 3 heterocycles. The van der Waals surface area contributed by atoms with E-state index in [-0.39, 0.29) is 11.6 Å². The zero-order valence-electron chi connectivity index (χ0n) is 17.9. The minimum Gasteiger partial charge on any atom is -0.493 e. The van der Waals surface area contributed by atoms with Crippen molar-refractivity contribution < 1.29 is 23.9 Å². The maximum absolute atomic E-state index is 12.9. The van der Waals surface area contributed by atoms with E-state index in [1.165, 1.54) is 0 Å². The summed E-state index contributed by atoms with van der Waals surface area (Å²) in [7, 11) is 3.13. The van der Waals surface area contributed by atoms with Crippen molar-refractivity contribution in [1.82, 2.24) is 19.6 Å². The number of hydrogen-bond acceptors (Lipinski definition) is 7. The van der Waals surface area contributed by atoms with Crippen LogP contribution in [0.2, 0.25) is 0 Å². The van der Waals surface area contributed by atoms with E-state index in [2.05, 4.69) is 10.1 Å². The van der Waals surface area contributed by atoms with Gasteiger partial charge in [0.1, 0.15) is 5.82 Å². The van der Waals surface area contributed by atoms with E-state index in [0.717, 1.165) is 11.4 Å². The Bertz CT molecular complexity index is 1070. The Morgan fingerprint density at radius 2 is 1.94 bits per heavy atom. The second-order valence-corrected chi connectivity index (χ2v) is 7.77. The number of rotatable bonds is 6. The van der Waals surface area contributed by atoms with Gasteiger partial charge in [0.25, 0.3) is 5.91 Å². The fourth-order valence-electron chi connectivity index (χ4n) is 3.84. The zero-order valence-corrected chi connectivity index (χ0v) is 17.9. The normalized spacial score (nSPS) is 15.7. The van der Waals surface area contributed by atoms with Crippen LogP contribution in [-0.4, -0.2) is 63.5 Å². The van der Waals surface area contributed by atoms with Crippen LogP contribution in [0.25, 0.3) is 11.3 Å². The van der Waals surface area contributed by atoms with Crippen molar-refractivity contribution in [3.63, 3.8) is 0 Å². The third kappa shape index (κ3) is 4.27. The van der Waals surface area contributed by atoms with Crippen LogP contribution in [0.15, 0.2) is 41.2 Å². The Kier molecular flexibility index (Phi) is 5.69. The van der Waals surface area contributed by atoms with Crippen LogP contribution in [0.1, 0.15) is 29.2 Å². The summed E-state index contributed by atoms with van der Waals surface area (Å²) >= 11 is 0. The van der Waals surface area contributed by atoms with Gasteiger partial charge >= 0.3 is 0 Å². The van der Waals surface area contributed by atoms with Crippen LogP contribution in [-0.2, 0) is 6.54 Å². The molecule has 0 unspecified atom stereocenters. The smallest absolute Gasteiger partial charge is 0.276 e. The Labute approximate surface area is 180 Å². The van der Waals surface area contributed by atoms with E-state index in [1.54, 1.807) is 43.5 Å². The minimum atomic E-state index is -0.864. The molecule has 0 radical (unpaired) electrons. The predicted molar refractivity (Wildman–Crippen MR) is 112 cm³/mol. The predicted octanol–water partition coefficient (Wildman–Crippen LogP) is 2.53. The zero-order chi connectivity index (χ0) is 22.0. The van der Waals surface area contributed by atoms with E-state index >= 15 is 0 Å². The van der Waals surface area contributed by atoms with Crippen molar-refractivity contribution in [1.29, 1.82) is 0 Å². The molecule has 0 atom stereocenters. The molecule has 9 heteroatoms. The van der Waals surface area contributed by atoms with Gasteiger partial charge in [-0.25, -0.2) is 4.98 Å². The Balaban J connectivity index is 1.42. The number of likely N-dealkylation sites (tertiary alicyclic amines) is 1. The van der Waals surface area contributed by atoms with E-state index < -0.39 is 5.60 Å². The number of aromatic nitrogens is 3. The third-order valence-electron chi connectivity index (χ3n) is 5.77. The first-order valence-corrected chi connectivity index (χ1v) is 10.1. The number of nitrogens with zero attached hydrogens (tertiary/aromatic N) is 4. The number of aliphatic hydroxyl groups is 1. The van der Waals surface area contributed by atoms with E-state index in [4.69, 9.17) is 14.0 Å². The average molecular weight is 426 g/mol. The molecule has 4 rings (SSSR count). The number of aryl methyl sites for hydroxylation is 1. The van der Waals surface area contributed by atoms with Crippen LogP contribution in [0.5, 0.6) is 11.5 Å². The van der Waals surface area contributed by atoms with Gasteiger partial charge in [-0.15, -0.1) is 0 Å². The maximum atomic E-state index is 12.9. The second-order valence-electron chi connectivity index (χ2n) is 7.77. The summed E-state index contributed by atoms with van der Waals surface area (Å²) < 4.78 is 17.9. The van der Waals surface area contributed by atoms with Gasteiger partial charge in [0, 0.05) is 37.1 Å². The lowest BCUT2D eigenvalue weighted by atomic mass is 9.91. The molecule has 1 aliphatic rings. The molecule has 1 aromatic carbocycles. The number of amides is 1. The summed E-state index contributed by atoms with van der Waals surface area (Å²) in [6.45, 7) is 3.26. The minimum absolute atomic E-state index is 0.212. The SMILES string of the molecule is COc1ccc(-c2cc(C(=O)N3CCC(O)(Cn4ccnc4C)CC3)no2)cc1OC. The lowest BCUT2D eigenvalue weighted by Gasteiger charge is -2.38. The van der Waals surface area contributed by atoms with Crippen LogP contribution in [0.4, 0.5) is 0 Å². The largest absolute Gasteiger partial charge is 0.493 e. The van der Waals surface area contributed by atoms with Crippen LogP contribution >= 0.6 is 0 Å². The monoisotopic (exact) mass is 426 g/mol. The Morgan fingerprint density at radius 1 is 1.19 bits per heavy atom. The Hall–Kier alpha value is -3.33. The first-order valence-electron chi connectivity index (χ1n) is 10.1. The summed E-state index contributed by atoms with van der Waals surface area (Å²) in [6, 6.07) is 6.98. The molecule has 9 nitrogen and oxygen atoms in total. The molecule has 1 amide bonds. The van der Waals surface area contributed by atoms with Crippen LogP contribution in [0, 0.1) is 6.92 Å². The molecule has 1 saturated heterocycles. The number of imidazole rings is 1. The number of hydrogen-bond donors (Lipinski definition) is 1. The summed E-state index contributed by atoms with van der Waals surface area (Å²) in [5.74, 6) is 2.28. The standard InChI is InChI=1S/C22H26N4O5/c1-15-23-8-11-26(15)14-22(28)6-9-25(10-7-22)21(27)17-13-19(31-24-17)16-4-5-18(29-2)20(12-16)30-3/h4-5,8,11-13,28H,6-7,9-10,14H2,1-3H3. The van der Waals surface area contributed by atoms with Gasteiger partial charge in [-0.05, 0) is 38.0 Å². The highest BCUT2D eigenvalue weighted by Gasteiger charge is 2.35. The van der Waals surface area contributed by atoms with Gasteiger partial charge in [-0.1, -0.05) is 5.16 Å². The molecule has 31 heavy (non-hydrogen) atoms. The molecule has 1 N–H and O–H groups in total. The highest BCUT2D eigenvalue weighted by molar-refractivity contribution is 5.93. The van der Waals surface area contributed by atoms with Crippen molar-refractivity contribution in [2.24, 2.45) is 0 Å². The summed E-state index contributed by atoms with van der Waals surface area (Å²) in [5.41, 5.74) is 0.102. The van der Waals surface area contributed by atoms with Gasteiger partial charge in [-0.2, -0.15) is 0 Å². The molecule has 0 bridgehead atoms. The lowest BCUT2D eigenvalue weighted by molar-refractivity contribution is -0.0297. The number of benzene rings is 1. The summed E-state index contributed by atoms with van der Waals surface area (Å²) in [4.78, 5) is 18.8. The van der Waals surface area contributed by atoms with E-state index in [9.17, 15) is 9.90 Å². The third-order valence-corrected chi connectivity index (χ3v) is 5.77. The first kappa shape index (κ1) is 20.9. The topological polar surface area (TPSA) is 103 Å². The molecule has 1 aliphatic heterocycles. The maximum Gasteiger partial charge on any atom is 0.276 e. The fourth-order valence-corrected chi connectivity index (χ4v) is 3.84. The Morgan fingerprint density at radius 3 is 2.58 bits per heavy atom. The lowest BCUT2D eigenvalue weighted by Crippen LogP contribution is -2.48. The quantitative estimate of drug-likeness (QED) is 0.646. The van der Waals surface area contributed by atoms with Gasteiger partial charge in [0.2, 0.25) is 0 Å². The molecule has 2 aromatic heterocycles. The van der Waals surface area contributed by atoms with Crippen molar-refractivity contribution in [2.75, 3.05) is 27.3 Å². The van der Waals surface area contributed by atoms with E-state index in [1.807, 2.05) is 23.8 Å². The fraction of sp³-hybridized carbons (Fsp3) is 0.409. The number of carbonyl (C=O) groups excluding carboxylic acids is 1. The molecular formula is C22H26N4O5. The van der Waals surface area contributed by atoms with Crippen molar-refractivity contribution >= 4 is 5.91 Å². The highest BCUT2D eigenvalue weighted by Crippen LogP contribution is 2.33. The van der Waals surface area contributed by atoms with Crippen molar-refractivity contribution in [3.8, 4) is 22.8 Å². The van der Waals surface area contributed by atoms with Gasteiger partial charge in [0.15, 0.2) is 23.0 Å². The molecule has 0 aliphatic carbocycles. The molecule has 3 aromatic rings. The van der Waals surface area contributed by atoms with Gasteiger partial charge < -0.3 is 28.6 Å². The molecule has 164 valence electrons. The molecular weight excluding hydrogens is 400 g/mol. The van der Waals surface area contributed by atoms with E-state index in [0.29, 0.717) is 49.7 Å².